The molecule has 0 aromatic heterocycles. The number of hydrogen-bond acceptors (Lipinski definition) is 7. The number of phenols is 2. The quantitative estimate of drug-likeness (QED) is 0.151. The number of nitrogens with zero attached hydrogens (tertiary/aromatic N) is 1. The van der Waals surface area contributed by atoms with Crippen LogP contribution in [0.1, 0.15) is 76.8 Å². The van der Waals surface area contributed by atoms with E-state index in [1.165, 1.54) is 17.7 Å². The average molecular weight is 462 g/mol. The number of carbonyl (C=O) groups excluding carboxylic acids is 1. The molecule has 0 amide bonds. The first-order chi connectivity index (χ1) is 15.4. The molecule has 0 heterocycles. The molecule has 0 radical (unpaired) electrons. The van der Waals surface area contributed by atoms with E-state index in [2.05, 4.69) is 17.5 Å². The van der Waals surface area contributed by atoms with Crippen LogP contribution >= 0.6 is 0 Å². The van der Waals surface area contributed by atoms with Gasteiger partial charge < -0.3 is 19.8 Å². The lowest BCUT2D eigenvalue weighted by atomic mass is 9.73. The van der Waals surface area contributed by atoms with Crippen LogP contribution in [0.4, 0.5) is 0 Å². The van der Waals surface area contributed by atoms with Crippen LogP contribution in [0.15, 0.2) is 35.9 Å². The monoisotopic (exact) mass is 461 g/mol. The number of phenolic OH excluding ortho intramolecular Hbond substituents is 2. The Bertz CT molecular complexity index is 896. The van der Waals surface area contributed by atoms with Crippen LogP contribution in [-0.2, 0) is 19.8 Å². The zero-order chi connectivity index (χ0) is 24.8. The summed E-state index contributed by atoms with van der Waals surface area (Å²) in [5.41, 5.74) is 2.02. The van der Waals surface area contributed by atoms with E-state index >= 15 is 0 Å². The minimum atomic E-state index is -1.09. The summed E-state index contributed by atoms with van der Waals surface area (Å²) in [6.07, 6.45) is 5.59. The predicted octanol–water partition coefficient (Wildman–Crippen LogP) is 5.31. The molecule has 182 valence electrons. The van der Waals surface area contributed by atoms with E-state index in [1.54, 1.807) is 13.8 Å². The molecule has 0 saturated carbocycles. The van der Waals surface area contributed by atoms with E-state index in [9.17, 15) is 25.1 Å². The number of ether oxygens (including phenoxy) is 1. The van der Waals surface area contributed by atoms with Crippen LogP contribution in [0.25, 0.3) is 0 Å². The molecule has 8 heteroatoms. The lowest BCUT2D eigenvalue weighted by molar-refractivity contribution is -0.757. The number of hydrogen-bond donors (Lipinski definition) is 2. The van der Waals surface area contributed by atoms with Crippen molar-refractivity contribution < 1.29 is 29.7 Å². The average Bonchev–Trinajstić information content (AvgIpc) is 2.71. The van der Waals surface area contributed by atoms with E-state index in [4.69, 9.17) is 4.74 Å². The summed E-state index contributed by atoms with van der Waals surface area (Å²) in [4.78, 5) is 27.1. The van der Waals surface area contributed by atoms with E-state index in [-0.39, 0.29) is 36.5 Å². The highest BCUT2D eigenvalue weighted by molar-refractivity contribution is 5.82. The van der Waals surface area contributed by atoms with Gasteiger partial charge in [-0.05, 0) is 83.4 Å². The first-order valence-electron chi connectivity index (χ1n) is 11.3. The molecule has 2 N–H and O–H groups in total. The number of benzene rings is 1. The fraction of sp³-hybridized carbons (Fsp3) is 0.560. The Labute approximate surface area is 195 Å². The van der Waals surface area contributed by atoms with E-state index < -0.39 is 16.5 Å². The van der Waals surface area contributed by atoms with Crippen molar-refractivity contribution in [3.8, 4) is 11.5 Å². The summed E-state index contributed by atoms with van der Waals surface area (Å²) >= 11 is 0. The van der Waals surface area contributed by atoms with Gasteiger partial charge in [0.15, 0.2) is 0 Å². The summed E-state index contributed by atoms with van der Waals surface area (Å²) in [7, 11) is 0. The molecule has 0 fully saturated rings. The van der Waals surface area contributed by atoms with E-state index in [1.807, 2.05) is 13.8 Å². The minimum absolute atomic E-state index is 0.0132. The van der Waals surface area contributed by atoms with Gasteiger partial charge in [-0.15, -0.1) is 10.1 Å². The van der Waals surface area contributed by atoms with Crippen molar-refractivity contribution in [3.63, 3.8) is 0 Å². The maximum absolute atomic E-state index is 12.7. The maximum atomic E-state index is 12.7. The number of aromatic hydroxyl groups is 2. The molecule has 1 aromatic carbocycles. The molecule has 0 saturated heterocycles. The molecule has 1 aromatic rings. The van der Waals surface area contributed by atoms with Crippen LogP contribution in [0.2, 0.25) is 0 Å². The first-order valence-corrected chi connectivity index (χ1v) is 11.3. The summed E-state index contributed by atoms with van der Waals surface area (Å²) in [6.45, 7) is 11.6. The molecule has 0 unspecified atom stereocenters. The summed E-state index contributed by atoms with van der Waals surface area (Å²) in [6, 6.07) is 3.05. The molecular weight excluding hydrogens is 426 g/mol. The van der Waals surface area contributed by atoms with Crippen molar-refractivity contribution in [3.05, 3.63) is 57.2 Å². The van der Waals surface area contributed by atoms with E-state index in [0.29, 0.717) is 30.4 Å². The van der Waals surface area contributed by atoms with Gasteiger partial charge in [0.2, 0.25) is 0 Å². The molecular formula is C25H35NO7. The number of allylic oxidation sites excluding steroid dienone is 3. The third kappa shape index (κ3) is 6.73. The van der Waals surface area contributed by atoms with Crippen molar-refractivity contribution in [2.75, 3.05) is 13.2 Å². The first kappa shape index (κ1) is 26.2. The number of rotatable bonds is 11. The van der Waals surface area contributed by atoms with Crippen molar-refractivity contribution in [1.82, 2.24) is 0 Å². The van der Waals surface area contributed by atoms with Crippen LogP contribution < -0.4 is 0 Å². The van der Waals surface area contributed by atoms with Crippen LogP contribution in [0.5, 0.6) is 11.5 Å². The molecule has 1 aliphatic carbocycles. The molecule has 0 bridgehead atoms. The topological polar surface area (TPSA) is 119 Å². The van der Waals surface area contributed by atoms with Gasteiger partial charge in [0, 0.05) is 11.5 Å². The maximum Gasteiger partial charge on any atom is 0.315 e. The SMILES string of the molecule is C=C(C)[C@@H]1CCC(C)=C[C@H]1c1c(O)cc(C(C)(C)C(=O)OCCCCCO[N+](=O)[O-])cc1O. The Morgan fingerprint density at radius 1 is 1.21 bits per heavy atom. The van der Waals surface area contributed by atoms with Crippen LogP contribution in [-0.4, -0.2) is 34.5 Å². The third-order valence-corrected chi connectivity index (χ3v) is 6.30. The van der Waals surface area contributed by atoms with Crippen LogP contribution in [0.3, 0.4) is 0 Å². The standard InChI is InChI=1S/C25H35NO7/c1-16(2)19-10-9-17(3)13-20(19)23-21(27)14-18(15-22(23)28)25(4,5)24(29)32-11-7-6-8-12-33-26(30)31/h13-15,19-20,27-28H,1,6-12H2,2-5H3/t19-,20+/m0/s1. The summed E-state index contributed by atoms with van der Waals surface area (Å²) in [5.74, 6) is -0.661. The summed E-state index contributed by atoms with van der Waals surface area (Å²) < 4.78 is 5.38. The largest absolute Gasteiger partial charge is 0.507 e. The van der Waals surface area contributed by atoms with Gasteiger partial charge in [0.1, 0.15) is 11.5 Å². The van der Waals surface area contributed by atoms with Gasteiger partial charge in [-0.2, -0.15) is 0 Å². The second-order valence-corrected chi connectivity index (χ2v) is 9.34. The number of unbranched alkanes of at least 4 members (excludes halogenated alkanes) is 2. The fourth-order valence-corrected chi connectivity index (χ4v) is 4.21. The van der Waals surface area contributed by atoms with Crippen molar-refractivity contribution in [1.29, 1.82) is 0 Å². The molecule has 33 heavy (non-hydrogen) atoms. The second-order valence-electron chi connectivity index (χ2n) is 9.34. The van der Waals surface area contributed by atoms with Gasteiger partial charge in [-0.3, -0.25) is 4.79 Å². The smallest absolute Gasteiger partial charge is 0.315 e. The predicted molar refractivity (Wildman–Crippen MR) is 125 cm³/mol. The number of carbonyl (C=O) groups is 1. The van der Waals surface area contributed by atoms with Crippen LogP contribution in [0, 0.1) is 16.0 Å². The Kier molecular flexibility index (Phi) is 8.91. The number of esters is 1. The lowest BCUT2D eigenvalue weighted by Gasteiger charge is -2.32. The zero-order valence-electron chi connectivity index (χ0n) is 19.9. The second kappa shape index (κ2) is 11.2. The van der Waals surface area contributed by atoms with Gasteiger partial charge >= 0.3 is 5.97 Å². The fourth-order valence-electron chi connectivity index (χ4n) is 4.21. The highest BCUT2D eigenvalue weighted by atomic mass is 16.9. The minimum Gasteiger partial charge on any atom is -0.507 e. The molecule has 1 aliphatic rings. The normalized spacial score (nSPS) is 18.4. The van der Waals surface area contributed by atoms with Crippen molar-refractivity contribution in [2.45, 2.75) is 71.1 Å². The van der Waals surface area contributed by atoms with E-state index in [0.717, 1.165) is 18.4 Å². The molecule has 2 atom stereocenters. The molecule has 8 nitrogen and oxygen atoms in total. The van der Waals surface area contributed by atoms with Crippen molar-refractivity contribution >= 4 is 5.97 Å². The van der Waals surface area contributed by atoms with Gasteiger partial charge in [0.05, 0.1) is 18.6 Å². The Hall–Kier alpha value is -3.03. The zero-order valence-corrected chi connectivity index (χ0v) is 19.9. The lowest BCUT2D eigenvalue weighted by Crippen LogP contribution is -2.31. The highest BCUT2D eigenvalue weighted by Gasteiger charge is 2.35. The molecule has 0 spiro atoms. The van der Waals surface area contributed by atoms with Gasteiger partial charge in [0.25, 0.3) is 5.09 Å². The molecule has 2 rings (SSSR count). The Balaban J connectivity index is 2.10. The Morgan fingerprint density at radius 3 is 2.39 bits per heavy atom. The van der Waals surface area contributed by atoms with Crippen molar-refractivity contribution in [2.24, 2.45) is 5.92 Å². The third-order valence-electron chi connectivity index (χ3n) is 6.30. The highest BCUT2D eigenvalue weighted by Crippen LogP contribution is 2.47. The molecule has 0 aliphatic heterocycles. The van der Waals surface area contributed by atoms with Gasteiger partial charge in [-0.25, -0.2) is 0 Å². The summed E-state index contributed by atoms with van der Waals surface area (Å²) in [5, 5.41) is 31.0. The van der Waals surface area contributed by atoms with Gasteiger partial charge in [-0.1, -0.05) is 23.8 Å². The Morgan fingerprint density at radius 2 is 1.82 bits per heavy atom.